The molecule has 2 heterocycles. The third-order valence-electron chi connectivity index (χ3n) is 3.46. The van der Waals surface area contributed by atoms with E-state index in [0.29, 0.717) is 11.6 Å². The number of carbonyl (C=O) groups is 1. The van der Waals surface area contributed by atoms with Crippen LogP contribution in [-0.2, 0) is 11.2 Å². The summed E-state index contributed by atoms with van der Waals surface area (Å²) in [5.41, 5.74) is 5.76. The predicted octanol–water partition coefficient (Wildman–Crippen LogP) is 3.51. The summed E-state index contributed by atoms with van der Waals surface area (Å²) in [7, 11) is 0. The molecule has 1 aromatic carbocycles. The van der Waals surface area contributed by atoms with E-state index in [1.54, 1.807) is 6.07 Å². The van der Waals surface area contributed by atoms with Crippen LogP contribution in [0, 0.1) is 13.8 Å². The van der Waals surface area contributed by atoms with Crippen molar-refractivity contribution in [3.05, 3.63) is 46.1 Å². The van der Waals surface area contributed by atoms with Crippen LogP contribution in [0.5, 0.6) is 0 Å². The smallest absolute Gasteiger partial charge is 0.228 e. The van der Waals surface area contributed by atoms with Gasteiger partial charge in [-0.25, -0.2) is 4.98 Å². The number of aryl methyl sites for hydroxylation is 2. The van der Waals surface area contributed by atoms with Crippen LogP contribution in [0.4, 0.5) is 5.69 Å². The highest BCUT2D eigenvalue weighted by Crippen LogP contribution is 2.35. The molecule has 0 unspecified atom stereocenters. The lowest BCUT2D eigenvalue weighted by Gasteiger charge is -2.11. The molecule has 1 aromatic heterocycles. The van der Waals surface area contributed by atoms with E-state index in [1.165, 1.54) is 5.56 Å². The number of halogens is 1. The van der Waals surface area contributed by atoms with E-state index >= 15 is 0 Å². The second-order valence-electron chi connectivity index (χ2n) is 4.85. The van der Waals surface area contributed by atoms with Gasteiger partial charge in [0.1, 0.15) is 5.15 Å². The van der Waals surface area contributed by atoms with Gasteiger partial charge in [0.2, 0.25) is 5.91 Å². The maximum Gasteiger partial charge on any atom is 0.228 e. The Labute approximate surface area is 116 Å². The molecule has 0 spiro atoms. The highest BCUT2D eigenvalue weighted by Gasteiger charge is 2.20. The standard InChI is InChI=1S/C15H13ClN2O/c1-8-5-11-12(6-9(8)2)17-14(19)7-10-3-4-13(16)18-15(10)11/h3-6H,7H2,1-2H3,(H,17,19). The van der Waals surface area contributed by atoms with E-state index in [-0.39, 0.29) is 5.91 Å². The molecule has 1 aliphatic rings. The van der Waals surface area contributed by atoms with Crippen molar-refractivity contribution in [3.63, 3.8) is 0 Å². The number of anilines is 1. The molecule has 19 heavy (non-hydrogen) atoms. The Balaban J connectivity index is 2.33. The average Bonchev–Trinajstić information content (AvgIpc) is 2.47. The van der Waals surface area contributed by atoms with E-state index in [0.717, 1.165) is 28.1 Å². The lowest BCUT2D eigenvalue weighted by atomic mass is 9.99. The summed E-state index contributed by atoms with van der Waals surface area (Å²) in [6.07, 6.45) is 0.326. The fraction of sp³-hybridized carbons (Fsp3) is 0.200. The number of nitrogens with zero attached hydrogens (tertiary/aromatic N) is 1. The number of hydrogen-bond acceptors (Lipinski definition) is 2. The Hall–Kier alpha value is -1.87. The monoisotopic (exact) mass is 272 g/mol. The van der Waals surface area contributed by atoms with Crippen molar-refractivity contribution in [1.82, 2.24) is 4.98 Å². The average molecular weight is 273 g/mol. The largest absolute Gasteiger partial charge is 0.325 e. The van der Waals surface area contributed by atoms with Gasteiger partial charge in [-0.15, -0.1) is 0 Å². The summed E-state index contributed by atoms with van der Waals surface area (Å²) in [5.74, 6) is -0.0209. The molecule has 3 rings (SSSR count). The van der Waals surface area contributed by atoms with Crippen molar-refractivity contribution in [1.29, 1.82) is 0 Å². The molecular weight excluding hydrogens is 260 g/mol. The lowest BCUT2D eigenvalue weighted by Crippen LogP contribution is -2.12. The van der Waals surface area contributed by atoms with Gasteiger partial charge in [0.25, 0.3) is 0 Å². The molecule has 0 saturated heterocycles. The second kappa shape index (κ2) is 4.35. The van der Waals surface area contributed by atoms with Crippen LogP contribution >= 0.6 is 11.6 Å². The molecule has 1 N–H and O–H groups in total. The molecule has 2 aromatic rings. The summed E-state index contributed by atoms with van der Waals surface area (Å²) >= 11 is 5.99. The zero-order chi connectivity index (χ0) is 13.6. The van der Waals surface area contributed by atoms with Gasteiger partial charge in [-0.3, -0.25) is 4.79 Å². The lowest BCUT2D eigenvalue weighted by molar-refractivity contribution is -0.115. The minimum Gasteiger partial charge on any atom is -0.325 e. The van der Waals surface area contributed by atoms with Crippen molar-refractivity contribution in [2.75, 3.05) is 5.32 Å². The van der Waals surface area contributed by atoms with Gasteiger partial charge in [0.05, 0.1) is 17.8 Å². The first-order valence-electron chi connectivity index (χ1n) is 6.11. The third kappa shape index (κ3) is 2.10. The number of pyridine rings is 1. The van der Waals surface area contributed by atoms with Gasteiger partial charge in [0.15, 0.2) is 0 Å². The fourth-order valence-electron chi connectivity index (χ4n) is 2.32. The van der Waals surface area contributed by atoms with Gasteiger partial charge in [-0.2, -0.15) is 0 Å². The normalized spacial score (nSPS) is 13.3. The first-order valence-corrected chi connectivity index (χ1v) is 6.49. The zero-order valence-corrected chi connectivity index (χ0v) is 11.5. The molecule has 3 nitrogen and oxygen atoms in total. The molecule has 0 saturated carbocycles. The summed E-state index contributed by atoms with van der Waals surface area (Å²) < 4.78 is 0. The summed E-state index contributed by atoms with van der Waals surface area (Å²) in [5, 5.41) is 3.38. The van der Waals surface area contributed by atoms with Gasteiger partial charge in [-0.1, -0.05) is 17.7 Å². The van der Waals surface area contributed by atoms with Gasteiger partial charge >= 0.3 is 0 Å². The first kappa shape index (κ1) is 12.2. The topological polar surface area (TPSA) is 42.0 Å². The maximum atomic E-state index is 11.9. The molecule has 1 amide bonds. The summed E-state index contributed by atoms with van der Waals surface area (Å²) in [6, 6.07) is 7.63. The van der Waals surface area contributed by atoms with E-state index < -0.39 is 0 Å². The Kier molecular flexibility index (Phi) is 2.79. The Bertz CT molecular complexity index is 695. The second-order valence-corrected chi connectivity index (χ2v) is 5.24. The van der Waals surface area contributed by atoms with Crippen molar-refractivity contribution in [2.45, 2.75) is 20.3 Å². The number of aromatic nitrogens is 1. The van der Waals surface area contributed by atoms with Gasteiger partial charge in [0, 0.05) is 5.56 Å². The molecule has 96 valence electrons. The number of benzene rings is 1. The highest BCUT2D eigenvalue weighted by molar-refractivity contribution is 6.29. The minimum absolute atomic E-state index is 0.0209. The van der Waals surface area contributed by atoms with Crippen LogP contribution in [0.3, 0.4) is 0 Å². The Morgan fingerprint density at radius 3 is 2.74 bits per heavy atom. The number of fused-ring (bicyclic) bond motifs is 3. The van der Waals surface area contributed by atoms with Crippen LogP contribution < -0.4 is 5.32 Å². The highest BCUT2D eigenvalue weighted by atomic mass is 35.5. The molecule has 0 bridgehead atoms. The van der Waals surface area contributed by atoms with Crippen molar-refractivity contribution in [3.8, 4) is 11.3 Å². The number of hydrogen-bond donors (Lipinski definition) is 1. The quantitative estimate of drug-likeness (QED) is 0.746. The predicted molar refractivity (Wildman–Crippen MR) is 76.5 cm³/mol. The number of rotatable bonds is 0. The minimum atomic E-state index is -0.0209. The first-order chi connectivity index (χ1) is 9.04. The Morgan fingerprint density at radius 1 is 1.21 bits per heavy atom. The molecule has 4 heteroatoms. The van der Waals surface area contributed by atoms with Crippen molar-refractivity contribution >= 4 is 23.2 Å². The third-order valence-corrected chi connectivity index (χ3v) is 3.67. The van der Waals surface area contributed by atoms with Gasteiger partial charge in [-0.05, 0) is 48.7 Å². The molecule has 0 fully saturated rings. The zero-order valence-electron chi connectivity index (χ0n) is 10.7. The molecule has 1 aliphatic heterocycles. The van der Waals surface area contributed by atoms with E-state index in [1.807, 2.05) is 26.0 Å². The van der Waals surface area contributed by atoms with E-state index in [2.05, 4.69) is 16.4 Å². The fourth-order valence-corrected chi connectivity index (χ4v) is 2.47. The van der Waals surface area contributed by atoms with Crippen molar-refractivity contribution in [2.24, 2.45) is 0 Å². The SMILES string of the molecule is Cc1cc2c(cc1C)-c1nc(Cl)ccc1CC(=O)N2. The number of nitrogens with one attached hydrogen (secondary N) is 1. The molecule has 0 aliphatic carbocycles. The van der Waals surface area contributed by atoms with E-state index in [4.69, 9.17) is 11.6 Å². The van der Waals surface area contributed by atoms with E-state index in [9.17, 15) is 4.79 Å². The van der Waals surface area contributed by atoms with Crippen molar-refractivity contribution < 1.29 is 4.79 Å². The van der Waals surface area contributed by atoms with Gasteiger partial charge < -0.3 is 5.32 Å². The number of amides is 1. The molecule has 0 atom stereocenters. The van der Waals surface area contributed by atoms with Crippen LogP contribution in [0.25, 0.3) is 11.3 Å². The van der Waals surface area contributed by atoms with Crippen LogP contribution in [0.2, 0.25) is 5.15 Å². The Morgan fingerprint density at radius 2 is 1.95 bits per heavy atom. The number of carbonyl (C=O) groups excluding carboxylic acids is 1. The molecule has 0 radical (unpaired) electrons. The van der Waals surface area contributed by atoms with Crippen LogP contribution in [-0.4, -0.2) is 10.9 Å². The molecular formula is C15H13ClN2O. The summed E-state index contributed by atoms with van der Waals surface area (Å²) in [6.45, 7) is 4.07. The summed E-state index contributed by atoms with van der Waals surface area (Å²) in [4.78, 5) is 16.3. The van der Waals surface area contributed by atoms with Crippen LogP contribution in [0.1, 0.15) is 16.7 Å². The maximum absolute atomic E-state index is 11.9. The van der Waals surface area contributed by atoms with Crippen LogP contribution in [0.15, 0.2) is 24.3 Å².